The van der Waals surface area contributed by atoms with Gasteiger partial charge in [0.05, 0.1) is 17.8 Å². The van der Waals surface area contributed by atoms with E-state index in [1.807, 2.05) is 54.6 Å². The average molecular weight is 451 g/mol. The fourth-order valence-electron chi connectivity index (χ4n) is 3.27. The van der Waals surface area contributed by atoms with Crippen LogP contribution in [0.15, 0.2) is 95.5 Å². The van der Waals surface area contributed by atoms with Gasteiger partial charge >= 0.3 is 0 Å². The number of nitrogens with zero attached hydrogens (tertiary/aromatic N) is 1. The van der Waals surface area contributed by atoms with Crippen LogP contribution in [0.1, 0.15) is 12.5 Å². The number of ether oxygens (including phenoxy) is 1. The summed E-state index contributed by atoms with van der Waals surface area (Å²) in [5, 5.41) is 14.0. The molecule has 0 aliphatic carbocycles. The molecule has 0 saturated heterocycles. The molecule has 1 aromatic heterocycles. The molecule has 0 saturated carbocycles. The van der Waals surface area contributed by atoms with Crippen LogP contribution in [-0.4, -0.2) is 22.8 Å². The first kappa shape index (κ1) is 23.4. The van der Waals surface area contributed by atoms with Gasteiger partial charge < -0.3 is 19.7 Å². The molecule has 0 aliphatic heterocycles. The predicted octanol–water partition coefficient (Wildman–Crippen LogP) is 5.40. The van der Waals surface area contributed by atoms with Crippen molar-refractivity contribution in [2.24, 2.45) is 0 Å². The molecule has 5 nitrogen and oxygen atoms in total. The number of para-hydroxylation sites is 1. The predicted molar refractivity (Wildman–Crippen MR) is 132 cm³/mol. The number of pyridine rings is 1. The van der Waals surface area contributed by atoms with E-state index < -0.39 is 0 Å². The highest BCUT2D eigenvalue weighted by Gasteiger charge is 2.10. The molecule has 0 spiro atoms. The number of benzene rings is 2. The molecule has 1 heterocycles. The molecular weight excluding hydrogens is 424 g/mol. The summed E-state index contributed by atoms with van der Waals surface area (Å²) in [6.07, 6.45) is 5.14. The summed E-state index contributed by atoms with van der Waals surface area (Å²) in [5.74, 6) is 0.994. The third-order valence-electron chi connectivity index (χ3n) is 4.80. The lowest BCUT2D eigenvalue weighted by Crippen LogP contribution is -2.29. The van der Waals surface area contributed by atoms with Crippen LogP contribution < -0.4 is 15.6 Å². The standard InChI is InChI=1S/C26H27ClN2O3/c1-19(7-6-8-20(2)30)17-28-18-22-15-21-11-12-23(27)16-25(21)29(26(22)31)13-14-32-24-9-4-3-5-10-24/h3-12,15-16,28,30H,1,13-14,17-18H2,2H3/b7-6-,20-8+. The molecule has 0 atom stereocenters. The van der Waals surface area contributed by atoms with E-state index in [0.717, 1.165) is 22.2 Å². The molecule has 0 fully saturated rings. The first-order chi connectivity index (χ1) is 15.4. The molecule has 2 aromatic carbocycles. The Kier molecular flexibility index (Phi) is 8.31. The van der Waals surface area contributed by atoms with Gasteiger partial charge in [0.1, 0.15) is 12.4 Å². The lowest BCUT2D eigenvalue weighted by molar-refractivity contribution is 0.298. The van der Waals surface area contributed by atoms with Crippen LogP contribution in [0.5, 0.6) is 5.75 Å². The maximum absolute atomic E-state index is 13.2. The highest BCUT2D eigenvalue weighted by molar-refractivity contribution is 6.31. The van der Waals surface area contributed by atoms with Crippen LogP contribution >= 0.6 is 11.6 Å². The van der Waals surface area contributed by atoms with Crippen molar-refractivity contribution in [3.63, 3.8) is 0 Å². The Morgan fingerprint density at radius 1 is 1.22 bits per heavy atom. The lowest BCUT2D eigenvalue weighted by atomic mass is 10.1. The van der Waals surface area contributed by atoms with E-state index in [1.165, 1.54) is 0 Å². The van der Waals surface area contributed by atoms with E-state index in [-0.39, 0.29) is 11.3 Å². The Balaban J connectivity index is 1.75. The second kappa shape index (κ2) is 11.4. The van der Waals surface area contributed by atoms with Crippen molar-refractivity contribution in [2.75, 3.05) is 13.2 Å². The molecule has 0 radical (unpaired) electrons. The van der Waals surface area contributed by atoms with E-state index >= 15 is 0 Å². The molecule has 166 valence electrons. The Morgan fingerprint density at radius 3 is 2.75 bits per heavy atom. The molecule has 0 amide bonds. The summed E-state index contributed by atoms with van der Waals surface area (Å²) in [4.78, 5) is 13.2. The summed E-state index contributed by atoms with van der Waals surface area (Å²) >= 11 is 6.20. The summed E-state index contributed by atoms with van der Waals surface area (Å²) in [5.41, 5.74) is 2.19. The summed E-state index contributed by atoms with van der Waals surface area (Å²) < 4.78 is 7.51. The number of aliphatic hydroxyl groups is 1. The van der Waals surface area contributed by atoms with Crippen molar-refractivity contribution in [3.8, 4) is 5.75 Å². The van der Waals surface area contributed by atoms with Gasteiger partial charge in [-0.3, -0.25) is 4.79 Å². The number of hydrogen-bond donors (Lipinski definition) is 2. The van der Waals surface area contributed by atoms with Crippen LogP contribution in [-0.2, 0) is 13.1 Å². The molecule has 2 N–H and O–H groups in total. The Hall–Kier alpha value is -3.28. The molecule has 3 rings (SSSR count). The fraction of sp³-hybridized carbons (Fsp3) is 0.192. The largest absolute Gasteiger partial charge is 0.513 e. The maximum atomic E-state index is 13.2. The van der Waals surface area contributed by atoms with Gasteiger partial charge in [-0.25, -0.2) is 0 Å². The topological polar surface area (TPSA) is 63.5 Å². The molecule has 3 aromatic rings. The van der Waals surface area contributed by atoms with Crippen LogP contribution in [0.3, 0.4) is 0 Å². The van der Waals surface area contributed by atoms with E-state index in [1.54, 1.807) is 29.7 Å². The number of halogens is 1. The first-order valence-corrected chi connectivity index (χ1v) is 10.7. The Labute approximate surface area is 192 Å². The molecule has 0 aliphatic rings. The molecule has 6 heteroatoms. The minimum atomic E-state index is -0.0797. The maximum Gasteiger partial charge on any atom is 0.255 e. The van der Waals surface area contributed by atoms with Crippen molar-refractivity contribution in [3.05, 3.63) is 112 Å². The fourth-order valence-corrected chi connectivity index (χ4v) is 3.43. The van der Waals surface area contributed by atoms with Crippen LogP contribution in [0.2, 0.25) is 5.02 Å². The van der Waals surface area contributed by atoms with Crippen molar-refractivity contribution in [1.29, 1.82) is 0 Å². The first-order valence-electron chi connectivity index (χ1n) is 10.4. The summed E-state index contributed by atoms with van der Waals surface area (Å²) in [6.45, 7) is 7.27. The molecular formula is C26H27ClN2O3. The molecule has 0 unspecified atom stereocenters. The molecule has 0 bridgehead atoms. The van der Waals surface area contributed by atoms with Gasteiger partial charge in [-0.1, -0.05) is 54.6 Å². The SMILES string of the molecule is C=C(/C=C\C=C(/C)O)CNCc1cc2ccc(Cl)cc2n(CCOc2ccccc2)c1=O. The minimum Gasteiger partial charge on any atom is -0.513 e. The Morgan fingerprint density at radius 2 is 2.00 bits per heavy atom. The van der Waals surface area contributed by atoms with Gasteiger partial charge in [-0.2, -0.15) is 0 Å². The number of nitrogens with one attached hydrogen (secondary N) is 1. The van der Waals surface area contributed by atoms with Gasteiger partial charge in [0.2, 0.25) is 0 Å². The number of hydrogen-bond acceptors (Lipinski definition) is 4. The lowest BCUT2D eigenvalue weighted by Gasteiger charge is -2.14. The zero-order valence-corrected chi connectivity index (χ0v) is 18.8. The summed E-state index contributed by atoms with van der Waals surface area (Å²) in [6, 6.07) is 17.0. The van der Waals surface area contributed by atoms with E-state index in [4.69, 9.17) is 16.3 Å². The van der Waals surface area contributed by atoms with Gasteiger partial charge in [0.25, 0.3) is 5.56 Å². The van der Waals surface area contributed by atoms with Gasteiger partial charge in [-0.15, -0.1) is 0 Å². The van der Waals surface area contributed by atoms with Crippen LogP contribution in [0, 0.1) is 0 Å². The van der Waals surface area contributed by atoms with Crippen molar-refractivity contribution < 1.29 is 9.84 Å². The van der Waals surface area contributed by atoms with Gasteiger partial charge in [-0.05, 0) is 54.3 Å². The monoisotopic (exact) mass is 450 g/mol. The van der Waals surface area contributed by atoms with Crippen molar-refractivity contribution in [1.82, 2.24) is 9.88 Å². The van der Waals surface area contributed by atoms with E-state index in [2.05, 4.69) is 11.9 Å². The normalized spacial score (nSPS) is 11.9. The zero-order valence-electron chi connectivity index (χ0n) is 18.1. The number of fused-ring (bicyclic) bond motifs is 1. The van der Waals surface area contributed by atoms with Crippen LogP contribution in [0.25, 0.3) is 10.9 Å². The second-order valence-electron chi connectivity index (χ2n) is 7.42. The summed E-state index contributed by atoms with van der Waals surface area (Å²) in [7, 11) is 0. The second-order valence-corrected chi connectivity index (χ2v) is 7.86. The van der Waals surface area contributed by atoms with Gasteiger partial charge in [0, 0.05) is 23.7 Å². The van der Waals surface area contributed by atoms with Gasteiger partial charge in [0.15, 0.2) is 0 Å². The average Bonchev–Trinajstić information content (AvgIpc) is 2.76. The van der Waals surface area contributed by atoms with E-state index in [9.17, 15) is 9.90 Å². The van der Waals surface area contributed by atoms with Crippen LogP contribution in [0.4, 0.5) is 0 Å². The number of allylic oxidation sites excluding steroid dienone is 3. The quantitative estimate of drug-likeness (QED) is 0.321. The minimum absolute atomic E-state index is 0.0797. The number of aliphatic hydroxyl groups excluding tert-OH is 1. The van der Waals surface area contributed by atoms with Crippen molar-refractivity contribution in [2.45, 2.75) is 20.0 Å². The number of rotatable bonds is 10. The zero-order chi connectivity index (χ0) is 22.9. The smallest absolute Gasteiger partial charge is 0.255 e. The molecule has 32 heavy (non-hydrogen) atoms. The number of aromatic nitrogens is 1. The third kappa shape index (κ3) is 6.61. The highest BCUT2D eigenvalue weighted by Crippen LogP contribution is 2.19. The van der Waals surface area contributed by atoms with E-state index in [0.29, 0.717) is 36.8 Å². The highest BCUT2D eigenvalue weighted by atomic mass is 35.5. The van der Waals surface area contributed by atoms with Crippen molar-refractivity contribution >= 4 is 22.5 Å². The third-order valence-corrected chi connectivity index (χ3v) is 5.03. The Bertz CT molecular complexity index is 1190.